The van der Waals surface area contributed by atoms with Crippen LogP contribution in [-0.4, -0.2) is 63.4 Å². The van der Waals surface area contributed by atoms with Crippen LogP contribution in [0.3, 0.4) is 0 Å². The molecule has 2 unspecified atom stereocenters. The third kappa shape index (κ3) is 5.65. The minimum atomic E-state index is -0.768. The van der Waals surface area contributed by atoms with Gasteiger partial charge >= 0.3 is 0 Å². The molecule has 0 aliphatic carbocycles. The first-order chi connectivity index (χ1) is 15.8. The van der Waals surface area contributed by atoms with E-state index in [1.807, 2.05) is 0 Å². The molecular formula is C23H27N3O7. The van der Waals surface area contributed by atoms with Crippen LogP contribution in [0.5, 0.6) is 23.0 Å². The monoisotopic (exact) mass is 457 g/mol. The maximum atomic E-state index is 12.5. The van der Waals surface area contributed by atoms with Crippen LogP contribution in [0.1, 0.15) is 42.1 Å². The highest BCUT2D eigenvalue weighted by Gasteiger charge is 2.34. The number of carbonyl (C=O) groups excluding carboxylic acids is 2. The lowest BCUT2D eigenvalue weighted by Crippen LogP contribution is -2.38. The molecule has 2 amide bonds. The second kappa shape index (κ2) is 10.6. The van der Waals surface area contributed by atoms with Crippen LogP contribution in [0, 0.1) is 0 Å². The highest BCUT2D eigenvalue weighted by Crippen LogP contribution is 2.31. The minimum absolute atomic E-state index is 0.00845. The van der Waals surface area contributed by atoms with Crippen LogP contribution in [-0.2, 0) is 9.53 Å². The number of unbranched alkanes of at least 4 members (excludes halogenated alkanes) is 2. The van der Waals surface area contributed by atoms with Gasteiger partial charge in [-0.3, -0.25) is 9.59 Å². The van der Waals surface area contributed by atoms with Gasteiger partial charge in [-0.05, 0) is 50.5 Å². The lowest BCUT2D eigenvalue weighted by molar-refractivity contribution is -0.123. The number of para-hydroxylation sites is 2. The molecule has 2 aromatic carbocycles. The average molecular weight is 457 g/mol. The smallest absolute Gasteiger partial charge is 0.255 e. The van der Waals surface area contributed by atoms with Gasteiger partial charge in [0, 0.05) is 13.1 Å². The Bertz CT molecular complexity index is 1050. The van der Waals surface area contributed by atoms with E-state index in [2.05, 4.69) is 15.6 Å². The van der Waals surface area contributed by atoms with Crippen LogP contribution < -0.4 is 10.6 Å². The summed E-state index contributed by atoms with van der Waals surface area (Å²) in [4.78, 5) is 28.8. The number of ether oxygens (including phenoxy) is 1. The molecule has 176 valence electrons. The first-order valence-corrected chi connectivity index (χ1v) is 10.6. The van der Waals surface area contributed by atoms with Crippen molar-refractivity contribution in [2.75, 3.05) is 13.1 Å². The lowest BCUT2D eigenvalue weighted by atomic mass is 10.1. The molecule has 0 spiro atoms. The summed E-state index contributed by atoms with van der Waals surface area (Å²) in [6.45, 7) is 2.51. The summed E-state index contributed by atoms with van der Waals surface area (Å²) < 4.78 is 5.60. The minimum Gasteiger partial charge on any atom is -0.504 e. The summed E-state index contributed by atoms with van der Waals surface area (Å²) in [6.07, 6.45) is 1.58. The third-order valence-electron chi connectivity index (χ3n) is 5.21. The SMILES string of the molecule is CC1OC(c2cccc(O)c2O)=NC1C(=O)NCCCCCNC(=O)c1cccc(O)c1O. The molecule has 6 N–H and O–H groups in total. The quantitative estimate of drug-likeness (QED) is 0.247. The standard InChI is InChI=1S/C23H27N3O7/c1-13-18(26-23(33-13)15-8-6-10-17(28)20(15)30)22(32)25-12-4-2-3-11-24-21(31)14-7-5-9-16(27)19(14)29/h5-10,13,18,27-30H,2-4,11-12H2,1H3,(H,24,31)(H,25,32). The van der Waals surface area contributed by atoms with Crippen molar-refractivity contribution in [3.8, 4) is 23.0 Å². The molecule has 1 aliphatic rings. The van der Waals surface area contributed by atoms with Crippen molar-refractivity contribution in [3.63, 3.8) is 0 Å². The van der Waals surface area contributed by atoms with Crippen LogP contribution in [0.2, 0.25) is 0 Å². The van der Waals surface area contributed by atoms with Gasteiger partial charge in [0.2, 0.25) is 11.8 Å². The molecule has 0 radical (unpaired) electrons. The fourth-order valence-electron chi connectivity index (χ4n) is 3.37. The Morgan fingerprint density at radius 1 is 0.909 bits per heavy atom. The van der Waals surface area contributed by atoms with E-state index in [0.29, 0.717) is 25.9 Å². The molecule has 10 heteroatoms. The van der Waals surface area contributed by atoms with E-state index in [-0.39, 0.29) is 40.2 Å². The van der Waals surface area contributed by atoms with Crippen molar-refractivity contribution in [1.29, 1.82) is 0 Å². The molecule has 0 bridgehead atoms. The van der Waals surface area contributed by atoms with Crippen LogP contribution >= 0.6 is 0 Å². The summed E-state index contributed by atoms with van der Waals surface area (Å²) in [5.74, 6) is -2.12. The second-order valence-electron chi connectivity index (χ2n) is 7.66. The zero-order chi connectivity index (χ0) is 24.0. The Morgan fingerprint density at radius 3 is 2.27 bits per heavy atom. The van der Waals surface area contributed by atoms with E-state index in [0.717, 1.165) is 6.42 Å². The number of aromatic hydroxyl groups is 4. The molecule has 3 rings (SSSR count). The topological polar surface area (TPSA) is 161 Å². The number of hydrogen-bond donors (Lipinski definition) is 6. The van der Waals surface area contributed by atoms with Gasteiger partial charge in [0.25, 0.3) is 5.91 Å². The Labute approximate surface area is 190 Å². The number of nitrogens with zero attached hydrogens (tertiary/aromatic N) is 1. The largest absolute Gasteiger partial charge is 0.504 e. The van der Waals surface area contributed by atoms with E-state index < -0.39 is 23.8 Å². The lowest BCUT2D eigenvalue weighted by Gasteiger charge is -2.13. The predicted molar refractivity (Wildman–Crippen MR) is 120 cm³/mol. The third-order valence-corrected chi connectivity index (χ3v) is 5.21. The number of aliphatic imine (C=N–C) groups is 1. The van der Waals surface area contributed by atoms with Gasteiger partial charge in [-0.25, -0.2) is 4.99 Å². The number of nitrogens with one attached hydrogen (secondary N) is 2. The van der Waals surface area contributed by atoms with Gasteiger partial charge in [-0.1, -0.05) is 12.1 Å². The molecule has 0 fully saturated rings. The summed E-state index contributed by atoms with van der Waals surface area (Å²) in [6, 6.07) is 7.85. The summed E-state index contributed by atoms with van der Waals surface area (Å²) in [5.41, 5.74) is 0.229. The highest BCUT2D eigenvalue weighted by atomic mass is 16.5. The van der Waals surface area contributed by atoms with E-state index in [4.69, 9.17) is 4.74 Å². The number of phenols is 4. The van der Waals surface area contributed by atoms with E-state index in [1.165, 1.54) is 24.3 Å². The van der Waals surface area contributed by atoms with Crippen molar-refractivity contribution in [3.05, 3.63) is 47.5 Å². The molecule has 0 aromatic heterocycles. The number of carbonyl (C=O) groups is 2. The molecule has 33 heavy (non-hydrogen) atoms. The van der Waals surface area contributed by atoms with Crippen LogP contribution in [0.4, 0.5) is 0 Å². The zero-order valence-electron chi connectivity index (χ0n) is 18.1. The number of hydrogen-bond acceptors (Lipinski definition) is 8. The average Bonchev–Trinajstić information content (AvgIpc) is 3.18. The Hall–Kier alpha value is -3.95. The first-order valence-electron chi connectivity index (χ1n) is 10.6. The van der Waals surface area contributed by atoms with Gasteiger partial charge in [-0.15, -0.1) is 0 Å². The van der Waals surface area contributed by atoms with Crippen molar-refractivity contribution >= 4 is 17.7 Å². The zero-order valence-corrected chi connectivity index (χ0v) is 18.1. The maximum absolute atomic E-state index is 12.5. The fourth-order valence-corrected chi connectivity index (χ4v) is 3.37. The number of phenolic OH excluding ortho intramolecular Hbond substituents is 4. The first kappa shape index (κ1) is 23.7. The van der Waals surface area contributed by atoms with Crippen LogP contribution in [0.25, 0.3) is 0 Å². The molecular weight excluding hydrogens is 430 g/mol. The van der Waals surface area contributed by atoms with Gasteiger partial charge in [0.05, 0.1) is 11.1 Å². The Morgan fingerprint density at radius 2 is 1.55 bits per heavy atom. The van der Waals surface area contributed by atoms with Crippen LogP contribution in [0.15, 0.2) is 41.4 Å². The molecule has 1 aliphatic heterocycles. The van der Waals surface area contributed by atoms with Gasteiger partial charge in [-0.2, -0.15) is 0 Å². The second-order valence-corrected chi connectivity index (χ2v) is 7.66. The number of benzene rings is 2. The molecule has 0 saturated heterocycles. The summed E-state index contributed by atoms with van der Waals surface area (Å²) in [7, 11) is 0. The predicted octanol–water partition coefficient (Wildman–Crippen LogP) is 1.76. The Kier molecular flexibility index (Phi) is 7.60. The summed E-state index contributed by atoms with van der Waals surface area (Å²) >= 11 is 0. The van der Waals surface area contributed by atoms with Gasteiger partial charge in [0.1, 0.15) is 6.10 Å². The van der Waals surface area contributed by atoms with E-state index >= 15 is 0 Å². The van der Waals surface area contributed by atoms with E-state index in [1.54, 1.807) is 19.1 Å². The van der Waals surface area contributed by atoms with Crippen molar-refractivity contribution < 1.29 is 34.8 Å². The number of amides is 2. The molecule has 2 aromatic rings. The van der Waals surface area contributed by atoms with Gasteiger partial charge in [0.15, 0.2) is 29.0 Å². The molecule has 0 saturated carbocycles. The van der Waals surface area contributed by atoms with E-state index in [9.17, 15) is 30.0 Å². The number of rotatable bonds is 9. The van der Waals surface area contributed by atoms with Crippen molar-refractivity contribution in [2.24, 2.45) is 4.99 Å². The normalized spacial score (nSPS) is 17.2. The van der Waals surface area contributed by atoms with Crippen molar-refractivity contribution in [2.45, 2.75) is 38.3 Å². The van der Waals surface area contributed by atoms with Crippen molar-refractivity contribution in [1.82, 2.24) is 10.6 Å². The maximum Gasteiger partial charge on any atom is 0.255 e. The highest BCUT2D eigenvalue weighted by molar-refractivity contribution is 6.01. The summed E-state index contributed by atoms with van der Waals surface area (Å²) in [5, 5.41) is 44.3. The molecule has 10 nitrogen and oxygen atoms in total. The molecule has 1 heterocycles. The van der Waals surface area contributed by atoms with Gasteiger partial charge < -0.3 is 35.8 Å². The molecule has 2 atom stereocenters. The Balaban J connectivity index is 1.38. The fraction of sp³-hybridized carbons (Fsp3) is 0.348.